The summed E-state index contributed by atoms with van der Waals surface area (Å²) in [7, 11) is 1.35. The summed E-state index contributed by atoms with van der Waals surface area (Å²) in [5.41, 5.74) is 0. The van der Waals surface area contributed by atoms with E-state index in [0.717, 1.165) is 4.46 Å². The van der Waals surface area contributed by atoms with Crippen molar-refractivity contribution in [3.8, 4) is 0 Å². The number of esters is 2. The van der Waals surface area contributed by atoms with E-state index in [2.05, 4.69) is 0 Å². The fourth-order valence-corrected chi connectivity index (χ4v) is 4.42. The molecular formula is C15H20O4Se. The molecule has 0 aliphatic carbocycles. The summed E-state index contributed by atoms with van der Waals surface area (Å²) in [6.45, 7) is 3.97. The van der Waals surface area contributed by atoms with Crippen molar-refractivity contribution in [3.05, 3.63) is 30.3 Å². The Morgan fingerprint density at radius 2 is 1.80 bits per heavy atom. The molecule has 0 fully saturated rings. The van der Waals surface area contributed by atoms with Gasteiger partial charge >= 0.3 is 125 Å². The molecule has 0 spiro atoms. The van der Waals surface area contributed by atoms with Crippen molar-refractivity contribution in [1.82, 2.24) is 0 Å². The van der Waals surface area contributed by atoms with Crippen molar-refractivity contribution >= 4 is 31.4 Å². The molecule has 0 aromatic heterocycles. The molecular weight excluding hydrogens is 323 g/mol. The predicted octanol–water partition coefficient (Wildman–Crippen LogP) is 1.57. The Hall–Kier alpha value is -1.32. The van der Waals surface area contributed by atoms with Gasteiger partial charge in [0, 0.05) is 0 Å². The van der Waals surface area contributed by atoms with Gasteiger partial charge in [0.05, 0.1) is 0 Å². The zero-order valence-electron chi connectivity index (χ0n) is 12.0. The van der Waals surface area contributed by atoms with Crippen LogP contribution < -0.4 is 4.46 Å². The van der Waals surface area contributed by atoms with Crippen LogP contribution in [0.15, 0.2) is 30.3 Å². The van der Waals surface area contributed by atoms with E-state index in [1.807, 2.05) is 37.3 Å². The van der Waals surface area contributed by atoms with Gasteiger partial charge in [0.25, 0.3) is 0 Å². The van der Waals surface area contributed by atoms with Crippen molar-refractivity contribution in [2.75, 3.05) is 13.7 Å². The molecule has 0 radical (unpaired) electrons. The first-order chi connectivity index (χ1) is 9.63. The van der Waals surface area contributed by atoms with Gasteiger partial charge in [-0.3, -0.25) is 0 Å². The fraction of sp³-hybridized carbons (Fsp3) is 0.467. The summed E-state index contributed by atoms with van der Waals surface area (Å²) in [6.07, 6.45) is 0.560. The SMILES string of the molecule is CCOC(=O)[C@@H]([Se]c1ccccc1)[C@H](CC)C(=O)OC. The van der Waals surface area contributed by atoms with Gasteiger partial charge in [-0.05, 0) is 0 Å². The molecule has 1 aromatic rings. The Morgan fingerprint density at radius 1 is 1.15 bits per heavy atom. The molecule has 110 valence electrons. The van der Waals surface area contributed by atoms with E-state index in [1.54, 1.807) is 6.92 Å². The number of ether oxygens (including phenoxy) is 2. The van der Waals surface area contributed by atoms with Crippen LogP contribution in [0.5, 0.6) is 0 Å². The Balaban J connectivity index is 2.94. The van der Waals surface area contributed by atoms with Crippen LogP contribution in [0.4, 0.5) is 0 Å². The molecule has 1 aromatic carbocycles. The van der Waals surface area contributed by atoms with Crippen molar-refractivity contribution < 1.29 is 19.1 Å². The molecule has 0 saturated carbocycles. The van der Waals surface area contributed by atoms with Gasteiger partial charge in [-0.15, -0.1) is 0 Å². The van der Waals surface area contributed by atoms with Crippen LogP contribution in [-0.2, 0) is 19.1 Å². The number of carbonyl (C=O) groups is 2. The van der Waals surface area contributed by atoms with Crippen LogP contribution in [0, 0.1) is 5.92 Å². The average Bonchev–Trinajstić information content (AvgIpc) is 2.48. The second kappa shape index (κ2) is 8.77. The number of carbonyl (C=O) groups excluding carboxylic acids is 2. The van der Waals surface area contributed by atoms with Crippen LogP contribution in [0.25, 0.3) is 0 Å². The van der Waals surface area contributed by atoms with Gasteiger partial charge in [-0.2, -0.15) is 0 Å². The first kappa shape index (κ1) is 16.7. The van der Waals surface area contributed by atoms with Crippen molar-refractivity contribution in [3.63, 3.8) is 0 Å². The van der Waals surface area contributed by atoms with Crippen LogP contribution in [0.1, 0.15) is 20.3 Å². The summed E-state index contributed by atoms with van der Waals surface area (Å²) in [5, 5.41) is 0. The third-order valence-corrected chi connectivity index (χ3v) is 5.60. The van der Waals surface area contributed by atoms with Crippen LogP contribution in [0.2, 0.25) is 4.82 Å². The first-order valence-electron chi connectivity index (χ1n) is 6.60. The Labute approximate surface area is 126 Å². The van der Waals surface area contributed by atoms with Crippen molar-refractivity contribution in [1.29, 1.82) is 0 Å². The minimum absolute atomic E-state index is 0.164. The summed E-state index contributed by atoms with van der Waals surface area (Å²) < 4.78 is 11.0. The van der Waals surface area contributed by atoms with Crippen LogP contribution in [-0.4, -0.2) is 40.6 Å². The third-order valence-electron chi connectivity index (χ3n) is 2.83. The number of benzene rings is 1. The van der Waals surface area contributed by atoms with E-state index in [-0.39, 0.29) is 26.9 Å². The molecule has 0 N–H and O–H groups in total. The average molecular weight is 343 g/mol. The second-order valence-electron chi connectivity index (χ2n) is 4.14. The quantitative estimate of drug-likeness (QED) is 0.557. The number of hydrogen-bond donors (Lipinski definition) is 0. The second-order valence-corrected chi connectivity index (χ2v) is 6.69. The maximum atomic E-state index is 12.2. The van der Waals surface area contributed by atoms with Gasteiger partial charge in [0.2, 0.25) is 0 Å². The normalized spacial score (nSPS) is 13.3. The molecule has 1 rings (SSSR count). The van der Waals surface area contributed by atoms with Gasteiger partial charge in [0.15, 0.2) is 0 Å². The monoisotopic (exact) mass is 344 g/mol. The zero-order chi connectivity index (χ0) is 15.0. The molecule has 4 nitrogen and oxygen atoms in total. The van der Waals surface area contributed by atoms with Crippen molar-refractivity contribution in [2.24, 2.45) is 5.92 Å². The van der Waals surface area contributed by atoms with E-state index < -0.39 is 10.7 Å². The van der Waals surface area contributed by atoms with Crippen LogP contribution in [0.3, 0.4) is 0 Å². The summed E-state index contributed by atoms with van der Waals surface area (Å²) in [6, 6.07) is 9.72. The van der Waals surface area contributed by atoms with Gasteiger partial charge < -0.3 is 0 Å². The Morgan fingerprint density at radius 3 is 2.30 bits per heavy atom. The standard InChI is InChI=1S/C15H20O4Se/c1-4-12(14(16)18-3)13(15(17)19-5-2)20-11-9-7-6-8-10-11/h6-10,12-13H,4-5H2,1-3H3/t12-,13-/m0/s1. The summed E-state index contributed by atoms with van der Waals surface area (Å²) in [4.78, 5) is 23.6. The predicted molar refractivity (Wildman–Crippen MR) is 78.0 cm³/mol. The molecule has 0 saturated heterocycles. The topological polar surface area (TPSA) is 52.6 Å². The molecule has 0 heterocycles. The molecule has 0 aliphatic heterocycles. The molecule has 0 bridgehead atoms. The molecule has 20 heavy (non-hydrogen) atoms. The van der Waals surface area contributed by atoms with Gasteiger partial charge in [-0.1, -0.05) is 0 Å². The molecule has 0 amide bonds. The Bertz CT molecular complexity index is 433. The van der Waals surface area contributed by atoms with Crippen LogP contribution >= 0.6 is 0 Å². The number of rotatable bonds is 7. The Kier molecular flexibility index (Phi) is 7.34. The summed E-state index contributed by atoms with van der Waals surface area (Å²) in [5.74, 6) is -1.10. The van der Waals surface area contributed by atoms with E-state index in [4.69, 9.17) is 9.47 Å². The number of hydrogen-bond acceptors (Lipinski definition) is 4. The van der Waals surface area contributed by atoms with Gasteiger partial charge in [-0.25, -0.2) is 0 Å². The van der Waals surface area contributed by atoms with E-state index in [1.165, 1.54) is 7.11 Å². The fourth-order valence-electron chi connectivity index (χ4n) is 1.82. The molecule has 5 heteroatoms. The third kappa shape index (κ3) is 4.66. The maximum absolute atomic E-state index is 12.2. The van der Waals surface area contributed by atoms with E-state index in [0.29, 0.717) is 13.0 Å². The van der Waals surface area contributed by atoms with E-state index >= 15 is 0 Å². The minimum atomic E-state index is -0.445. The van der Waals surface area contributed by atoms with Crippen molar-refractivity contribution in [2.45, 2.75) is 25.1 Å². The molecule has 0 aliphatic rings. The molecule has 0 unspecified atom stereocenters. The summed E-state index contributed by atoms with van der Waals surface area (Å²) >= 11 is -0.164. The van der Waals surface area contributed by atoms with Gasteiger partial charge in [0.1, 0.15) is 0 Å². The molecule has 2 atom stereocenters. The first-order valence-corrected chi connectivity index (χ1v) is 8.44. The zero-order valence-corrected chi connectivity index (χ0v) is 13.7. The number of methoxy groups -OCH3 is 1. The van der Waals surface area contributed by atoms with E-state index in [9.17, 15) is 9.59 Å².